The highest BCUT2D eigenvalue weighted by Crippen LogP contribution is 2.46. The van der Waals surface area contributed by atoms with Crippen LogP contribution in [0, 0.1) is 47.5 Å². The van der Waals surface area contributed by atoms with Crippen LogP contribution < -0.4 is 10.6 Å². The highest BCUT2D eigenvalue weighted by atomic mass is 31.1. The lowest BCUT2D eigenvalue weighted by atomic mass is 10.1. The lowest BCUT2D eigenvalue weighted by Gasteiger charge is -2.19. The summed E-state index contributed by atoms with van der Waals surface area (Å²) >= 11 is 0. The second kappa shape index (κ2) is 6.40. The second-order valence-corrected chi connectivity index (χ2v) is 10.0. The smallest absolute Gasteiger partial charge is 0.0524 e. The fourth-order valence-corrected chi connectivity index (χ4v) is 8.09. The van der Waals surface area contributed by atoms with E-state index in [-0.39, 0.29) is 0 Å². The van der Waals surface area contributed by atoms with E-state index in [2.05, 4.69) is 65.8 Å². The van der Waals surface area contributed by atoms with E-state index < -0.39 is 7.92 Å². The second-order valence-electron chi connectivity index (χ2n) is 7.67. The van der Waals surface area contributed by atoms with Crippen molar-refractivity contribution in [1.82, 2.24) is 0 Å². The van der Waals surface area contributed by atoms with Gasteiger partial charge in [0.2, 0.25) is 0 Å². The lowest BCUT2D eigenvalue weighted by Crippen LogP contribution is -2.24. The third kappa shape index (κ3) is 3.53. The molecule has 0 N–H and O–H groups in total. The van der Waals surface area contributed by atoms with Gasteiger partial charge in [-0.3, -0.25) is 0 Å². The van der Waals surface area contributed by atoms with Crippen LogP contribution in [0.5, 0.6) is 0 Å². The van der Waals surface area contributed by atoms with E-state index in [1.54, 1.807) is 10.6 Å². The summed E-state index contributed by atoms with van der Waals surface area (Å²) in [5.74, 6) is 0.976. The normalized spacial score (nSPS) is 14.6. The van der Waals surface area contributed by atoms with Crippen molar-refractivity contribution in [3.8, 4) is 0 Å². The molecule has 0 radical (unpaired) electrons. The van der Waals surface area contributed by atoms with Crippen molar-refractivity contribution in [3.63, 3.8) is 0 Å². The Hall–Kier alpha value is -1.13. The Balaban J connectivity index is 2.16. The summed E-state index contributed by atoms with van der Waals surface area (Å²) < 4.78 is 0. The Morgan fingerprint density at radius 1 is 0.696 bits per heavy atom. The van der Waals surface area contributed by atoms with E-state index >= 15 is 0 Å². The maximum atomic E-state index is 2.39. The van der Waals surface area contributed by atoms with Crippen molar-refractivity contribution in [3.05, 3.63) is 57.6 Å². The van der Waals surface area contributed by atoms with Crippen LogP contribution in [0.1, 0.15) is 46.2 Å². The van der Waals surface area contributed by atoms with E-state index in [1.165, 1.54) is 52.4 Å². The summed E-state index contributed by atoms with van der Waals surface area (Å²) in [5.41, 5.74) is 8.84. The quantitative estimate of drug-likeness (QED) is 0.685. The fourth-order valence-electron chi connectivity index (χ4n) is 4.25. The van der Waals surface area contributed by atoms with Gasteiger partial charge in [0, 0.05) is 0 Å². The average molecular weight is 325 g/mol. The minimum Gasteiger partial charge on any atom is -0.0524 e. The Morgan fingerprint density at radius 2 is 1.04 bits per heavy atom. The van der Waals surface area contributed by atoms with Crippen LogP contribution in [0.4, 0.5) is 0 Å². The first-order valence-corrected chi connectivity index (χ1v) is 10.6. The molecule has 0 nitrogen and oxygen atoms in total. The molecule has 3 rings (SSSR count). The lowest BCUT2D eigenvalue weighted by molar-refractivity contribution is 0.995. The molecule has 1 fully saturated rings. The number of rotatable bonds is 4. The van der Waals surface area contributed by atoms with Crippen molar-refractivity contribution >= 4 is 18.5 Å². The maximum Gasteiger partial charge on any atom is 0.102 e. The zero-order valence-electron chi connectivity index (χ0n) is 15.5. The molecular weight excluding hydrogens is 295 g/mol. The van der Waals surface area contributed by atoms with Crippen molar-refractivity contribution in [2.75, 3.05) is 6.16 Å². The Kier molecular flexibility index (Phi) is 4.65. The van der Waals surface area contributed by atoms with E-state index in [0.29, 0.717) is 0 Å². The minimum absolute atomic E-state index is 0.690. The zero-order valence-corrected chi connectivity index (χ0v) is 16.5. The molecular formula is C22H30P+. The average Bonchev–Trinajstić information content (AvgIpc) is 3.19. The van der Waals surface area contributed by atoms with Crippen LogP contribution >= 0.6 is 7.92 Å². The van der Waals surface area contributed by atoms with Gasteiger partial charge in [0.25, 0.3) is 0 Å². The maximum absolute atomic E-state index is 2.39. The van der Waals surface area contributed by atoms with Crippen LogP contribution in [-0.2, 0) is 0 Å². The van der Waals surface area contributed by atoms with Crippen LogP contribution in [0.2, 0.25) is 0 Å². The SMILES string of the molecule is Cc1cc(C)c([PH+](CC2CC2)c2c(C)cc(C)cc2C)c(C)c1. The fraction of sp³-hybridized carbons (Fsp3) is 0.455. The van der Waals surface area contributed by atoms with Crippen molar-refractivity contribution in [2.45, 2.75) is 54.4 Å². The number of hydrogen-bond acceptors (Lipinski definition) is 0. The van der Waals surface area contributed by atoms with Gasteiger partial charge in [0.1, 0.15) is 10.6 Å². The molecule has 0 spiro atoms. The zero-order chi connectivity index (χ0) is 16.7. The molecule has 1 aliphatic rings. The molecule has 1 saturated carbocycles. The topological polar surface area (TPSA) is 0 Å². The molecule has 2 aromatic carbocycles. The van der Waals surface area contributed by atoms with Gasteiger partial charge in [-0.25, -0.2) is 0 Å². The van der Waals surface area contributed by atoms with Gasteiger partial charge in [-0.05, 0) is 82.6 Å². The molecule has 1 heteroatoms. The monoisotopic (exact) mass is 325 g/mol. The molecule has 0 amide bonds. The highest BCUT2D eigenvalue weighted by Gasteiger charge is 2.36. The molecule has 1 aliphatic carbocycles. The van der Waals surface area contributed by atoms with Crippen molar-refractivity contribution in [2.24, 2.45) is 5.92 Å². The van der Waals surface area contributed by atoms with Crippen molar-refractivity contribution in [1.29, 1.82) is 0 Å². The first kappa shape index (κ1) is 16.7. The van der Waals surface area contributed by atoms with Crippen molar-refractivity contribution < 1.29 is 0 Å². The molecule has 0 aliphatic heterocycles. The largest absolute Gasteiger partial charge is 0.102 e. The Bertz CT molecular complexity index is 634. The molecule has 0 atom stereocenters. The molecule has 0 heterocycles. The molecule has 0 saturated heterocycles. The summed E-state index contributed by atoms with van der Waals surface area (Å²) in [6.07, 6.45) is 4.31. The van der Waals surface area contributed by atoms with Crippen LogP contribution in [0.15, 0.2) is 24.3 Å². The van der Waals surface area contributed by atoms with Gasteiger partial charge >= 0.3 is 0 Å². The van der Waals surface area contributed by atoms with Gasteiger partial charge in [-0.1, -0.05) is 35.4 Å². The van der Waals surface area contributed by atoms with E-state index in [4.69, 9.17) is 0 Å². The molecule has 122 valence electrons. The van der Waals surface area contributed by atoms with E-state index in [0.717, 1.165) is 5.92 Å². The number of benzene rings is 2. The summed E-state index contributed by atoms with van der Waals surface area (Å²) in [7, 11) is -0.690. The summed E-state index contributed by atoms with van der Waals surface area (Å²) in [4.78, 5) is 0. The molecule has 0 unspecified atom stereocenters. The Morgan fingerprint density at radius 3 is 1.35 bits per heavy atom. The molecule has 23 heavy (non-hydrogen) atoms. The molecule has 0 bridgehead atoms. The Labute approximate surface area is 143 Å². The van der Waals surface area contributed by atoms with Gasteiger partial charge in [0.15, 0.2) is 0 Å². The summed E-state index contributed by atoms with van der Waals surface area (Å²) in [6, 6.07) is 9.55. The minimum atomic E-state index is -0.690. The first-order chi connectivity index (χ1) is 10.9. The predicted molar refractivity (Wildman–Crippen MR) is 106 cm³/mol. The number of aryl methyl sites for hydroxylation is 6. The first-order valence-electron chi connectivity index (χ1n) is 8.89. The van der Waals surface area contributed by atoms with Crippen LogP contribution in [0.3, 0.4) is 0 Å². The van der Waals surface area contributed by atoms with E-state index in [1.807, 2.05) is 0 Å². The van der Waals surface area contributed by atoms with Gasteiger partial charge < -0.3 is 0 Å². The third-order valence-corrected chi connectivity index (χ3v) is 8.92. The van der Waals surface area contributed by atoms with Crippen LogP contribution in [0.25, 0.3) is 0 Å². The van der Waals surface area contributed by atoms with Gasteiger partial charge in [-0.15, -0.1) is 0 Å². The number of hydrogen-bond donors (Lipinski definition) is 0. The van der Waals surface area contributed by atoms with E-state index in [9.17, 15) is 0 Å². The molecule has 0 aromatic heterocycles. The standard InChI is InChI=1S/C22H29P/c1-14-9-16(3)21(17(4)10-14)23(13-20-7-8-20)22-18(5)11-15(2)12-19(22)6/h9-12,20H,7-8,13H2,1-6H3/p+1. The van der Waals surface area contributed by atoms with Crippen LogP contribution in [-0.4, -0.2) is 6.16 Å². The summed E-state index contributed by atoms with van der Waals surface area (Å²) in [6.45, 7) is 13.7. The predicted octanol–water partition coefficient (Wildman–Crippen LogP) is 5.11. The third-order valence-electron chi connectivity index (χ3n) is 5.15. The summed E-state index contributed by atoms with van der Waals surface area (Å²) in [5, 5.41) is 3.37. The van der Waals surface area contributed by atoms with Gasteiger partial charge in [-0.2, -0.15) is 0 Å². The van der Waals surface area contributed by atoms with Gasteiger partial charge in [0.05, 0.1) is 14.1 Å². The molecule has 2 aromatic rings. The highest BCUT2D eigenvalue weighted by molar-refractivity contribution is 7.73.